The van der Waals surface area contributed by atoms with E-state index in [4.69, 9.17) is 14.2 Å². The minimum atomic E-state index is -0.361. The summed E-state index contributed by atoms with van der Waals surface area (Å²) in [6.45, 7) is 1.41. The average Bonchev–Trinajstić information content (AvgIpc) is 3.25. The summed E-state index contributed by atoms with van der Waals surface area (Å²) in [4.78, 5) is 8.53. The number of nitrogens with zero attached hydrogens (tertiary/aromatic N) is 2. The molecule has 7 nitrogen and oxygen atoms in total. The van der Waals surface area contributed by atoms with Crippen LogP contribution in [0.5, 0.6) is 23.1 Å². The standard InChI is InChI=1S/C23H23FN4O3/c1-25-23(27-11-9-16-7-8-20-21(12-16)30-15-29-20)28-14-17-4-3-10-26-22(17)31-19-6-2-5-18(24)13-19/h2-8,10,12-13H,9,11,14-15H2,1H3,(H2,25,27,28). The highest BCUT2D eigenvalue weighted by Crippen LogP contribution is 2.32. The molecule has 0 aliphatic carbocycles. The monoisotopic (exact) mass is 422 g/mol. The molecule has 0 bridgehead atoms. The van der Waals surface area contributed by atoms with Gasteiger partial charge in [0.25, 0.3) is 0 Å². The maximum Gasteiger partial charge on any atom is 0.231 e. The molecule has 1 aliphatic heterocycles. The molecule has 4 rings (SSSR count). The van der Waals surface area contributed by atoms with Crippen LogP contribution < -0.4 is 24.8 Å². The van der Waals surface area contributed by atoms with Crippen LogP contribution in [0.3, 0.4) is 0 Å². The summed E-state index contributed by atoms with van der Waals surface area (Å²) < 4.78 is 29.9. The largest absolute Gasteiger partial charge is 0.454 e. The molecule has 0 saturated heterocycles. The Labute approximate surface area is 179 Å². The lowest BCUT2D eigenvalue weighted by Crippen LogP contribution is -2.37. The molecule has 8 heteroatoms. The van der Waals surface area contributed by atoms with Crippen molar-refractivity contribution in [1.29, 1.82) is 0 Å². The number of pyridine rings is 1. The van der Waals surface area contributed by atoms with E-state index < -0.39 is 0 Å². The van der Waals surface area contributed by atoms with Crippen LogP contribution in [-0.4, -0.2) is 31.3 Å². The Morgan fingerprint density at radius 2 is 2.00 bits per heavy atom. The number of hydrogen-bond acceptors (Lipinski definition) is 5. The second-order valence-corrected chi connectivity index (χ2v) is 6.82. The third kappa shape index (κ3) is 5.42. The van der Waals surface area contributed by atoms with Crippen molar-refractivity contribution in [3.63, 3.8) is 0 Å². The molecule has 1 aliphatic rings. The van der Waals surface area contributed by atoms with E-state index in [0.29, 0.717) is 30.7 Å². The predicted octanol–water partition coefficient (Wildman–Crippen LogP) is 3.65. The molecule has 0 saturated carbocycles. The molecular weight excluding hydrogens is 399 g/mol. The number of fused-ring (bicyclic) bond motifs is 1. The fourth-order valence-corrected chi connectivity index (χ4v) is 3.11. The first-order chi connectivity index (χ1) is 15.2. The van der Waals surface area contributed by atoms with Gasteiger partial charge in [-0.2, -0.15) is 0 Å². The third-order valence-corrected chi connectivity index (χ3v) is 4.67. The topological polar surface area (TPSA) is 77.0 Å². The number of aromatic nitrogens is 1. The molecule has 3 aromatic rings. The van der Waals surface area contributed by atoms with Crippen molar-refractivity contribution in [3.05, 3.63) is 77.7 Å². The van der Waals surface area contributed by atoms with Gasteiger partial charge in [0.1, 0.15) is 11.6 Å². The second-order valence-electron chi connectivity index (χ2n) is 6.82. The molecular formula is C23H23FN4O3. The summed E-state index contributed by atoms with van der Waals surface area (Å²) in [6.07, 6.45) is 2.44. The molecule has 2 aromatic carbocycles. The van der Waals surface area contributed by atoms with Crippen LogP contribution in [0, 0.1) is 5.82 Å². The van der Waals surface area contributed by atoms with E-state index in [1.54, 1.807) is 25.4 Å². The number of aliphatic imine (C=N–C) groups is 1. The Balaban J connectivity index is 1.30. The molecule has 0 unspecified atom stereocenters. The van der Waals surface area contributed by atoms with Crippen molar-refractivity contribution in [2.45, 2.75) is 13.0 Å². The molecule has 0 spiro atoms. The van der Waals surface area contributed by atoms with Crippen LogP contribution in [0.15, 0.2) is 65.8 Å². The fourth-order valence-electron chi connectivity index (χ4n) is 3.11. The SMILES string of the molecule is CN=C(NCCc1ccc2c(c1)OCO2)NCc1cccnc1Oc1cccc(F)c1. The first kappa shape index (κ1) is 20.5. The van der Waals surface area contributed by atoms with Gasteiger partial charge in [0, 0.05) is 38.0 Å². The number of ether oxygens (including phenoxy) is 3. The maximum atomic E-state index is 13.4. The fraction of sp³-hybridized carbons (Fsp3) is 0.217. The normalized spacial score (nSPS) is 12.5. The molecule has 2 N–H and O–H groups in total. The van der Waals surface area contributed by atoms with E-state index in [1.165, 1.54) is 12.1 Å². The molecule has 31 heavy (non-hydrogen) atoms. The van der Waals surface area contributed by atoms with E-state index in [9.17, 15) is 4.39 Å². The summed E-state index contributed by atoms with van der Waals surface area (Å²) in [5.41, 5.74) is 1.97. The van der Waals surface area contributed by atoms with Gasteiger partial charge in [-0.05, 0) is 42.3 Å². The maximum absolute atomic E-state index is 13.4. The Bertz CT molecular complexity index is 1070. The smallest absolute Gasteiger partial charge is 0.231 e. The van der Waals surface area contributed by atoms with Crippen molar-refractivity contribution in [2.24, 2.45) is 4.99 Å². The lowest BCUT2D eigenvalue weighted by molar-refractivity contribution is 0.174. The molecule has 0 fully saturated rings. The lowest BCUT2D eigenvalue weighted by Gasteiger charge is -2.14. The van der Waals surface area contributed by atoms with Crippen molar-refractivity contribution in [2.75, 3.05) is 20.4 Å². The van der Waals surface area contributed by atoms with Gasteiger partial charge < -0.3 is 24.8 Å². The summed E-state index contributed by atoms with van der Waals surface area (Å²) >= 11 is 0. The highest BCUT2D eigenvalue weighted by Gasteiger charge is 2.13. The molecule has 1 aromatic heterocycles. The number of benzene rings is 2. The van der Waals surface area contributed by atoms with Gasteiger partial charge in [0.2, 0.25) is 12.7 Å². The molecule has 2 heterocycles. The van der Waals surface area contributed by atoms with Crippen LogP contribution in [0.1, 0.15) is 11.1 Å². The second kappa shape index (κ2) is 9.80. The van der Waals surface area contributed by atoms with Gasteiger partial charge in [0.05, 0.1) is 0 Å². The lowest BCUT2D eigenvalue weighted by atomic mass is 10.1. The number of halogens is 1. The number of nitrogens with one attached hydrogen (secondary N) is 2. The number of guanidine groups is 1. The zero-order valence-corrected chi connectivity index (χ0v) is 17.1. The van der Waals surface area contributed by atoms with Gasteiger partial charge in [0.15, 0.2) is 17.5 Å². The van der Waals surface area contributed by atoms with E-state index in [0.717, 1.165) is 29.0 Å². The van der Waals surface area contributed by atoms with Gasteiger partial charge in [-0.25, -0.2) is 9.37 Å². The van der Waals surface area contributed by atoms with Crippen LogP contribution in [0.25, 0.3) is 0 Å². The minimum Gasteiger partial charge on any atom is -0.454 e. The Kier molecular flexibility index (Phi) is 6.47. The summed E-state index contributed by atoms with van der Waals surface area (Å²) in [5, 5.41) is 6.54. The van der Waals surface area contributed by atoms with Crippen LogP contribution >= 0.6 is 0 Å². The van der Waals surface area contributed by atoms with Crippen molar-refractivity contribution in [1.82, 2.24) is 15.6 Å². The molecule has 0 amide bonds. The minimum absolute atomic E-state index is 0.271. The highest BCUT2D eigenvalue weighted by atomic mass is 19.1. The van der Waals surface area contributed by atoms with Crippen molar-refractivity contribution >= 4 is 5.96 Å². The van der Waals surface area contributed by atoms with Gasteiger partial charge >= 0.3 is 0 Å². The summed E-state index contributed by atoms with van der Waals surface area (Å²) in [6, 6.07) is 15.6. The molecule has 0 radical (unpaired) electrons. The first-order valence-corrected chi connectivity index (χ1v) is 9.91. The summed E-state index contributed by atoms with van der Waals surface area (Å²) in [5.74, 6) is 2.66. The Morgan fingerprint density at radius 1 is 1.10 bits per heavy atom. The zero-order valence-electron chi connectivity index (χ0n) is 17.1. The molecule has 0 atom stereocenters. The summed E-state index contributed by atoms with van der Waals surface area (Å²) in [7, 11) is 1.71. The number of rotatable bonds is 7. The first-order valence-electron chi connectivity index (χ1n) is 9.91. The van der Waals surface area contributed by atoms with E-state index in [-0.39, 0.29) is 12.6 Å². The Hall–Kier alpha value is -3.81. The third-order valence-electron chi connectivity index (χ3n) is 4.67. The van der Waals surface area contributed by atoms with Gasteiger partial charge in [-0.15, -0.1) is 0 Å². The van der Waals surface area contributed by atoms with Crippen LogP contribution in [0.2, 0.25) is 0 Å². The quantitative estimate of drug-likeness (QED) is 0.447. The van der Waals surface area contributed by atoms with E-state index in [2.05, 4.69) is 20.6 Å². The van der Waals surface area contributed by atoms with Crippen molar-refractivity contribution in [3.8, 4) is 23.1 Å². The predicted molar refractivity (Wildman–Crippen MR) is 115 cm³/mol. The average molecular weight is 422 g/mol. The van der Waals surface area contributed by atoms with Crippen LogP contribution in [-0.2, 0) is 13.0 Å². The number of hydrogen-bond donors (Lipinski definition) is 2. The highest BCUT2D eigenvalue weighted by molar-refractivity contribution is 5.79. The zero-order chi connectivity index (χ0) is 21.5. The Morgan fingerprint density at radius 3 is 2.87 bits per heavy atom. The van der Waals surface area contributed by atoms with Crippen molar-refractivity contribution < 1.29 is 18.6 Å². The van der Waals surface area contributed by atoms with E-state index >= 15 is 0 Å². The van der Waals surface area contributed by atoms with E-state index in [1.807, 2.05) is 30.3 Å². The van der Waals surface area contributed by atoms with Crippen LogP contribution in [0.4, 0.5) is 4.39 Å². The van der Waals surface area contributed by atoms with Gasteiger partial charge in [-0.1, -0.05) is 18.2 Å². The van der Waals surface area contributed by atoms with Gasteiger partial charge in [-0.3, -0.25) is 4.99 Å². The molecule has 160 valence electrons.